The van der Waals surface area contributed by atoms with E-state index in [2.05, 4.69) is 50.4 Å². The molecule has 0 saturated heterocycles. The molecule has 1 atom stereocenters. The van der Waals surface area contributed by atoms with Gasteiger partial charge in [0.25, 0.3) is 0 Å². The predicted octanol–water partition coefficient (Wildman–Crippen LogP) is 3.58. The molecule has 17 heavy (non-hydrogen) atoms. The Morgan fingerprint density at radius 1 is 1.18 bits per heavy atom. The third-order valence-electron chi connectivity index (χ3n) is 2.59. The van der Waals surface area contributed by atoms with Gasteiger partial charge in [-0.1, -0.05) is 20.8 Å². The average Bonchev–Trinajstić information content (AvgIpc) is 2.30. The van der Waals surface area contributed by atoms with Crippen LogP contribution in [0, 0.1) is 5.92 Å². The number of anilines is 1. The molecular weight excluding hydrogens is 228 g/mol. The fourth-order valence-electron chi connectivity index (χ4n) is 1.50. The normalized spacial score (nSPS) is 12.8. The minimum atomic E-state index is 0.596. The Morgan fingerprint density at radius 3 is 2.35 bits per heavy atom. The zero-order chi connectivity index (χ0) is 12.7. The Labute approximate surface area is 109 Å². The molecule has 96 valence electrons. The quantitative estimate of drug-likeness (QED) is 0.728. The van der Waals surface area contributed by atoms with Gasteiger partial charge in [-0.25, -0.2) is 0 Å². The first-order chi connectivity index (χ1) is 8.11. The van der Waals surface area contributed by atoms with Gasteiger partial charge in [-0.05, 0) is 43.1 Å². The molecule has 0 aliphatic heterocycles. The third kappa shape index (κ3) is 5.99. The van der Waals surface area contributed by atoms with Crippen molar-refractivity contribution in [2.24, 2.45) is 11.7 Å². The number of thioether (sulfide) groups is 1. The number of hydrogen-bond acceptors (Lipinski definition) is 3. The first-order valence-electron chi connectivity index (χ1n) is 6.32. The highest BCUT2D eigenvalue weighted by Gasteiger charge is 2.00. The van der Waals surface area contributed by atoms with E-state index >= 15 is 0 Å². The maximum Gasteiger partial charge on any atom is 0.0340 e. The van der Waals surface area contributed by atoms with E-state index in [1.54, 1.807) is 0 Å². The molecule has 1 unspecified atom stereocenters. The largest absolute Gasteiger partial charge is 0.385 e. The summed E-state index contributed by atoms with van der Waals surface area (Å²) in [6.45, 7) is 8.38. The molecule has 0 spiro atoms. The van der Waals surface area contributed by atoms with Crippen LogP contribution in [-0.2, 0) is 0 Å². The third-order valence-corrected chi connectivity index (χ3v) is 3.61. The lowest BCUT2D eigenvalue weighted by atomic mass is 10.1. The van der Waals surface area contributed by atoms with Gasteiger partial charge in [0.1, 0.15) is 0 Å². The van der Waals surface area contributed by atoms with Crippen molar-refractivity contribution in [3.05, 3.63) is 24.3 Å². The molecule has 0 saturated carbocycles. The van der Waals surface area contributed by atoms with Gasteiger partial charge in [-0.15, -0.1) is 11.8 Å². The monoisotopic (exact) mass is 252 g/mol. The fourth-order valence-corrected chi connectivity index (χ4v) is 2.34. The number of hydrogen-bond donors (Lipinski definition) is 2. The SMILES string of the molecule is CC(CN)CCNc1ccc(SC(C)C)cc1. The minimum absolute atomic E-state index is 0.596. The number of rotatable bonds is 7. The summed E-state index contributed by atoms with van der Waals surface area (Å²) in [6, 6.07) is 8.66. The molecule has 1 rings (SSSR count). The molecule has 0 heterocycles. The summed E-state index contributed by atoms with van der Waals surface area (Å²) in [7, 11) is 0. The van der Waals surface area contributed by atoms with Crippen LogP contribution >= 0.6 is 11.8 Å². The fraction of sp³-hybridized carbons (Fsp3) is 0.571. The Morgan fingerprint density at radius 2 is 1.82 bits per heavy atom. The van der Waals surface area contributed by atoms with Crippen molar-refractivity contribution in [1.29, 1.82) is 0 Å². The van der Waals surface area contributed by atoms with Crippen LogP contribution in [-0.4, -0.2) is 18.3 Å². The van der Waals surface area contributed by atoms with E-state index in [1.165, 1.54) is 10.6 Å². The van der Waals surface area contributed by atoms with Crippen LogP contribution in [0.4, 0.5) is 5.69 Å². The summed E-state index contributed by atoms with van der Waals surface area (Å²) in [4.78, 5) is 1.33. The standard InChI is InChI=1S/C14H24N2S/c1-11(2)17-14-6-4-13(5-7-14)16-9-8-12(3)10-15/h4-7,11-12,16H,8-10,15H2,1-3H3. The maximum atomic E-state index is 5.59. The van der Waals surface area contributed by atoms with Gasteiger partial charge in [-0.2, -0.15) is 0 Å². The highest BCUT2D eigenvalue weighted by Crippen LogP contribution is 2.24. The highest BCUT2D eigenvalue weighted by atomic mass is 32.2. The van der Waals surface area contributed by atoms with Gasteiger partial charge in [0.2, 0.25) is 0 Å². The zero-order valence-electron chi connectivity index (χ0n) is 11.1. The Bertz CT molecular complexity index is 309. The van der Waals surface area contributed by atoms with Crippen LogP contribution in [0.3, 0.4) is 0 Å². The molecule has 0 radical (unpaired) electrons. The number of nitrogens with one attached hydrogen (secondary N) is 1. The molecule has 0 amide bonds. The van der Waals surface area contributed by atoms with Gasteiger partial charge in [0, 0.05) is 22.4 Å². The molecule has 0 aliphatic rings. The van der Waals surface area contributed by atoms with Crippen LogP contribution in [0.5, 0.6) is 0 Å². The van der Waals surface area contributed by atoms with E-state index in [-0.39, 0.29) is 0 Å². The van der Waals surface area contributed by atoms with Crippen molar-refractivity contribution in [2.75, 3.05) is 18.4 Å². The minimum Gasteiger partial charge on any atom is -0.385 e. The molecule has 3 N–H and O–H groups in total. The Kier molecular flexibility index (Phi) is 6.45. The van der Waals surface area contributed by atoms with Crippen molar-refractivity contribution in [3.63, 3.8) is 0 Å². The van der Waals surface area contributed by atoms with Gasteiger partial charge in [0.15, 0.2) is 0 Å². The number of benzene rings is 1. The van der Waals surface area contributed by atoms with E-state index in [0.717, 1.165) is 19.5 Å². The second-order valence-corrected chi connectivity index (χ2v) is 6.40. The molecule has 1 aromatic rings. The lowest BCUT2D eigenvalue weighted by Crippen LogP contribution is -2.14. The van der Waals surface area contributed by atoms with Crippen LogP contribution < -0.4 is 11.1 Å². The summed E-state index contributed by atoms with van der Waals surface area (Å²) in [6.07, 6.45) is 1.12. The molecule has 1 aromatic carbocycles. The lowest BCUT2D eigenvalue weighted by Gasteiger charge is -2.11. The van der Waals surface area contributed by atoms with Gasteiger partial charge in [0.05, 0.1) is 0 Å². The maximum absolute atomic E-state index is 5.59. The van der Waals surface area contributed by atoms with Gasteiger partial charge in [-0.3, -0.25) is 0 Å². The van der Waals surface area contributed by atoms with E-state index in [9.17, 15) is 0 Å². The van der Waals surface area contributed by atoms with Crippen molar-refractivity contribution >= 4 is 17.4 Å². The van der Waals surface area contributed by atoms with Crippen LogP contribution in [0.25, 0.3) is 0 Å². The molecule has 0 fully saturated rings. The van der Waals surface area contributed by atoms with E-state index < -0.39 is 0 Å². The molecule has 0 aromatic heterocycles. The van der Waals surface area contributed by atoms with E-state index in [4.69, 9.17) is 5.73 Å². The first-order valence-corrected chi connectivity index (χ1v) is 7.20. The van der Waals surface area contributed by atoms with Gasteiger partial charge >= 0.3 is 0 Å². The second-order valence-electron chi connectivity index (χ2n) is 4.75. The summed E-state index contributed by atoms with van der Waals surface area (Å²) in [5.74, 6) is 0.596. The molecule has 0 bridgehead atoms. The van der Waals surface area contributed by atoms with Crippen molar-refractivity contribution in [2.45, 2.75) is 37.3 Å². The first kappa shape index (κ1) is 14.4. The Balaban J connectivity index is 2.35. The zero-order valence-corrected chi connectivity index (χ0v) is 11.9. The molecule has 3 heteroatoms. The van der Waals surface area contributed by atoms with Crippen molar-refractivity contribution < 1.29 is 0 Å². The summed E-state index contributed by atoms with van der Waals surface area (Å²) < 4.78 is 0. The molecule has 2 nitrogen and oxygen atoms in total. The summed E-state index contributed by atoms with van der Waals surface area (Å²) in [5.41, 5.74) is 6.78. The average molecular weight is 252 g/mol. The smallest absolute Gasteiger partial charge is 0.0340 e. The molecular formula is C14H24N2S. The summed E-state index contributed by atoms with van der Waals surface area (Å²) in [5, 5.41) is 4.06. The van der Waals surface area contributed by atoms with Crippen LogP contribution in [0.2, 0.25) is 0 Å². The van der Waals surface area contributed by atoms with Crippen LogP contribution in [0.15, 0.2) is 29.2 Å². The number of nitrogens with two attached hydrogens (primary N) is 1. The predicted molar refractivity (Wildman–Crippen MR) is 78.8 cm³/mol. The second kappa shape index (κ2) is 7.62. The summed E-state index contributed by atoms with van der Waals surface area (Å²) >= 11 is 1.90. The van der Waals surface area contributed by atoms with E-state index in [1.807, 2.05) is 11.8 Å². The van der Waals surface area contributed by atoms with Crippen molar-refractivity contribution in [3.8, 4) is 0 Å². The topological polar surface area (TPSA) is 38.0 Å². The highest BCUT2D eigenvalue weighted by molar-refractivity contribution is 7.99. The van der Waals surface area contributed by atoms with Crippen molar-refractivity contribution in [1.82, 2.24) is 0 Å². The van der Waals surface area contributed by atoms with Gasteiger partial charge < -0.3 is 11.1 Å². The lowest BCUT2D eigenvalue weighted by molar-refractivity contribution is 0.561. The molecule has 0 aliphatic carbocycles. The van der Waals surface area contributed by atoms with Crippen LogP contribution in [0.1, 0.15) is 27.2 Å². The van der Waals surface area contributed by atoms with E-state index in [0.29, 0.717) is 11.2 Å². The Hall–Kier alpha value is -0.670.